The highest BCUT2D eigenvalue weighted by molar-refractivity contribution is 6.16. The van der Waals surface area contributed by atoms with Crippen molar-refractivity contribution in [1.82, 2.24) is 9.55 Å². The molecule has 0 aliphatic heterocycles. The SMILES string of the molecule is CCOC(C)Cn1c(CCl)nc2ccccc21. The van der Waals surface area contributed by atoms with Crippen molar-refractivity contribution in [3.63, 3.8) is 0 Å². The Morgan fingerprint density at radius 1 is 1.41 bits per heavy atom. The minimum absolute atomic E-state index is 0.166. The molecule has 4 heteroatoms. The Labute approximate surface area is 106 Å². The van der Waals surface area contributed by atoms with Crippen LogP contribution in [0.2, 0.25) is 0 Å². The van der Waals surface area contributed by atoms with Crippen LogP contribution in [0.1, 0.15) is 19.7 Å². The minimum atomic E-state index is 0.166. The summed E-state index contributed by atoms with van der Waals surface area (Å²) in [6, 6.07) is 8.08. The van der Waals surface area contributed by atoms with Crippen molar-refractivity contribution in [2.24, 2.45) is 0 Å². The minimum Gasteiger partial charge on any atom is -0.377 e. The van der Waals surface area contributed by atoms with Gasteiger partial charge in [-0.3, -0.25) is 0 Å². The number of ether oxygens (including phenoxy) is 1. The number of fused-ring (bicyclic) bond motifs is 1. The molecule has 0 aliphatic rings. The first-order valence-corrected chi connectivity index (χ1v) is 6.41. The zero-order chi connectivity index (χ0) is 12.3. The molecule has 0 amide bonds. The molecule has 2 rings (SSSR count). The van der Waals surface area contributed by atoms with E-state index >= 15 is 0 Å². The fraction of sp³-hybridized carbons (Fsp3) is 0.462. The van der Waals surface area contributed by atoms with Crippen molar-refractivity contribution in [2.45, 2.75) is 32.4 Å². The molecule has 2 aromatic rings. The third-order valence-electron chi connectivity index (χ3n) is 2.74. The number of alkyl halides is 1. The maximum Gasteiger partial charge on any atom is 0.124 e. The van der Waals surface area contributed by atoms with Crippen LogP contribution in [-0.2, 0) is 17.2 Å². The van der Waals surface area contributed by atoms with Crippen LogP contribution in [-0.4, -0.2) is 22.3 Å². The van der Waals surface area contributed by atoms with Crippen molar-refractivity contribution < 1.29 is 4.74 Å². The molecule has 3 nitrogen and oxygen atoms in total. The lowest BCUT2D eigenvalue weighted by Gasteiger charge is -2.14. The first-order chi connectivity index (χ1) is 8.26. The number of rotatable bonds is 5. The van der Waals surface area contributed by atoms with Gasteiger partial charge in [0.05, 0.1) is 29.6 Å². The maximum absolute atomic E-state index is 5.94. The summed E-state index contributed by atoms with van der Waals surface area (Å²) in [6.45, 7) is 5.58. The van der Waals surface area contributed by atoms with Gasteiger partial charge in [-0.15, -0.1) is 11.6 Å². The summed E-state index contributed by atoms with van der Waals surface area (Å²) in [6.07, 6.45) is 0.166. The fourth-order valence-corrected chi connectivity index (χ4v) is 2.23. The van der Waals surface area contributed by atoms with E-state index in [1.807, 2.05) is 25.1 Å². The molecule has 0 radical (unpaired) electrons. The Balaban J connectivity index is 2.36. The van der Waals surface area contributed by atoms with Gasteiger partial charge in [0.25, 0.3) is 0 Å². The zero-order valence-electron chi connectivity index (χ0n) is 10.2. The molecule has 92 valence electrons. The van der Waals surface area contributed by atoms with Gasteiger partial charge in [-0.05, 0) is 26.0 Å². The van der Waals surface area contributed by atoms with E-state index < -0.39 is 0 Å². The quantitative estimate of drug-likeness (QED) is 0.764. The van der Waals surface area contributed by atoms with Crippen molar-refractivity contribution in [1.29, 1.82) is 0 Å². The van der Waals surface area contributed by atoms with Crippen LogP contribution >= 0.6 is 11.6 Å². The predicted molar refractivity (Wildman–Crippen MR) is 70.4 cm³/mol. The third kappa shape index (κ3) is 2.61. The molecule has 0 aliphatic carbocycles. The molecule has 1 atom stereocenters. The van der Waals surface area contributed by atoms with Gasteiger partial charge in [-0.1, -0.05) is 12.1 Å². The maximum atomic E-state index is 5.94. The smallest absolute Gasteiger partial charge is 0.124 e. The van der Waals surface area contributed by atoms with Gasteiger partial charge in [-0.25, -0.2) is 4.98 Å². The summed E-state index contributed by atoms with van der Waals surface area (Å²) >= 11 is 5.94. The molecule has 0 fully saturated rings. The van der Waals surface area contributed by atoms with Crippen LogP contribution < -0.4 is 0 Å². The van der Waals surface area contributed by atoms with Crippen molar-refractivity contribution in [3.05, 3.63) is 30.1 Å². The van der Waals surface area contributed by atoms with Crippen LogP contribution in [0, 0.1) is 0 Å². The highest BCUT2D eigenvalue weighted by Crippen LogP contribution is 2.18. The molecule has 17 heavy (non-hydrogen) atoms. The lowest BCUT2D eigenvalue weighted by molar-refractivity contribution is 0.0643. The molecule has 0 N–H and O–H groups in total. The topological polar surface area (TPSA) is 27.1 Å². The zero-order valence-corrected chi connectivity index (χ0v) is 10.9. The van der Waals surface area contributed by atoms with Crippen molar-refractivity contribution >= 4 is 22.6 Å². The third-order valence-corrected chi connectivity index (χ3v) is 2.98. The Bertz CT molecular complexity index is 495. The van der Waals surface area contributed by atoms with Crippen LogP contribution in [0.15, 0.2) is 24.3 Å². The lowest BCUT2D eigenvalue weighted by Crippen LogP contribution is -2.17. The van der Waals surface area contributed by atoms with Gasteiger partial charge in [0, 0.05) is 6.61 Å². The summed E-state index contributed by atoms with van der Waals surface area (Å²) in [4.78, 5) is 4.52. The molecule has 1 aromatic heterocycles. The first-order valence-electron chi connectivity index (χ1n) is 5.88. The van der Waals surface area contributed by atoms with E-state index in [0.29, 0.717) is 5.88 Å². The Morgan fingerprint density at radius 2 is 2.18 bits per heavy atom. The molecular formula is C13H17ClN2O. The molecular weight excluding hydrogens is 236 g/mol. The van der Waals surface area contributed by atoms with Gasteiger partial charge in [0.15, 0.2) is 0 Å². The second-order valence-corrected chi connectivity index (χ2v) is 4.29. The number of nitrogens with zero attached hydrogens (tertiary/aromatic N) is 2. The Kier molecular flexibility index (Phi) is 4.02. The number of aromatic nitrogens is 2. The van der Waals surface area contributed by atoms with Crippen LogP contribution in [0.4, 0.5) is 0 Å². The van der Waals surface area contributed by atoms with Gasteiger partial charge in [0.1, 0.15) is 5.82 Å². The van der Waals surface area contributed by atoms with E-state index in [1.165, 1.54) is 0 Å². The second kappa shape index (κ2) is 5.52. The van der Waals surface area contributed by atoms with Crippen molar-refractivity contribution in [3.8, 4) is 0 Å². The van der Waals surface area contributed by atoms with Crippen molar-refractivity contribution in [2.75, 3.05) is 6.61 Å². The van der Waals surface area contributed by atoms with E-state index in [4.69, 9.17) is 16.3 Å². The molecule has 0 saturated heterocycles. The van der Waals surface area contributed by atoms with Gasteiger partial charge < -0.3 is 9.30 Å². The van der Waals surface area contributed by atoms with Crippen LogP contribution in [0.25, 0.3) is 11.0 Å². The highest BCUT2D eigenvalue weighted by Gasteiger charge is 2.12. The highest BCUT2D eigenvalue weighted by atomic mass is 35.5. The van der Waals surface area contributed by atoms with Gasteiger partial charge >= 0.3 is 0 Å². The first kappa shape index (κ1) is 12.4. The predicted octanol–water partition coefficient (Wildman–Crippen LogP) is 3.20. The number of para-hydroxylation sites is 2. The van der Waals surface area contributed by atoms with E-state index in [0.717, 1.165) is 30.0 Å². The average Bonchev–Trinajstić information content (AvgIpc) is 2.68. The lowest BCUT2D eigenvalue weighted by atomic mass is 10.3. The second-order valence-electron chi connectivity index (χ2n) is 4.03. The monoisotopic (exact) mass is 252 g/mol. The van der Waals surface area contributed by atoms with E-state index in [-0.39, 0.29) is 6.10 Å². The fourth-order valence-electron chi connectivity index (χ4n) is 2.03. The Hall–Kier alpha value is -1.06. The van der Waals surface area contributed by atoms with Gasteiger partial charge in [0.2, 0.25) is 0 Å². The number of halogens is 1. The summed E-state index contributed by atoms with van der Waals surface area (Å²) < 4.78 is 7.71. The number of imidazole rings is 1. The number of hydrogen-bond donors (Lipinski definition) is 0. The molecule has 1 unspecified atom stereocenters. The molecule has 1 heterocycles. The summed E-state index contributed by atoms with van der Waals surface area (Å²) in [5.74, 6) is 1.33. The number of benzene rings is 1. The van der Waals surface area contributed by atoms with E-state index in [2.05, 4.69) is 22.5 Å². The van der Waals surface area contributed by atoms with Crippen LogP contribution in [0.3, 0.4) is 0 Å². The normalized spacial score (nSPS) is 13.1. The Morgan fingerprint density at radius 3 is 2.88 bits per heavy atom. The van der Waals surface area contributed by atoms with Gasteiger partial charge in [-0.2, -0.15) is 0 Å². The largest absolute Gasteiger partial charge is 0.377 e. The molecule has 0 bridgehead atoms. The average molecular weight is 253 g/mol. The molecule has 1 aromatic carbocycles. The van der Waals surface area contributed by atoms with E-state index in [9.17, 15) is 0 Å². The summed E-state index contributed by atoms with van der Waals surface area (Å²) in [5.41, 5.74) is 2.11. The molecule has 0 saturated carbocycles. The summed E-state index contributed by atoms with van der Waals surface area (Å²) in [7, 11) is 0. The standard InChI is InChI=1S/C13H17ClN2O/c1-3-17-10(2)9-16-12-7-5-4-6-11(12)15-13(16)8-14/h4-7,10H,3,8-9H2,1-2H3. The van der Waals surface area contributed by atoms with Crippen LogP contribution in [0.5, 0.6) is 0 Å². The number of hydrogen-bond acceptors (Lipinski definition) is 2. The van der Waals surface area contributed by atoms with E-state index in [1.54, 1.807) is 0 Å². The molecule has 0 spiro atoms. The summed E-state index contributed by atoms with van der Waals surface area (Å²) in [5, 5.41) is 0.